The molecule has 2 aromatic carbocycles. The van der Waals surface area contributed by atoms with Crippen LogP contribution in [0.5, 0.6) is 0 Å². The van der Waals surface area contributed by atoms with Gasteiger partial charge in [-0.1, -0.05) is 23.7 Å². The third kappa shape index (κ3) is 3.81. The van der Waals surface area contributed by atoms with Crippen molar-refractivity contribution in [2.24, 2.45) is 0 Å². The molecule has 0 atom stereocenters. The zero-order chi connectivity index (χ0) is 13.8. The van der Waals surface area contributed by atoms with Crippen LogP contribution in [0.25, 0.3) is 0 Å². The normalized spacial score (nSPS) is 10.2. The fourth-order valence-electron chi connectivity index (χ4n) is 1.62. The number of hydrogen-bond acceptors (Lipinski definition) is 3. The third-order valence-corrected chi connectivity index (χ3v) is 3.63. The zero-order valence-electron chi connectivity index (χ0n) is 9.77. The van der Waals surface area contributed by atoms with E-state index in [1.165, 1.54) is 6.07 Å². The van der Waals surface area contributed by atoms with Crippen LogP contribution in [0.4, 0.5) is 11.4 Å². The largest absolute Gasteiger partial charge is 0.381 e. The second kappa shape index (κ2) is 6.21. The van der Waals surface area contributed by atoms with Crippen LogP contribution in [0.1, 0.15) is 5.56 Å². The summed E-state index contributed by atoms with van der Waals surface area (Å²) in [7, 11) is 0. The molecule has 2 aromatic rings. The van der Waals surface area contributed by atoms with Gasteiger partial charge in [0.05, 0.1) is 8.49 Å². The van der Waals surface area contributed by atoms with Gasteiger partial charge >= 0.3 is 0 Å². The molecule has 0 fully saturated rings. The summed E-state index contributed by atoms with van der Waals surface area (Å²) in [5, 5.41) is 14.6. The van der Waals surface area contributed by atoms with Gasteiger partial charge in [0.1, 0.15) is 0 Å². The highest BCUT2D eigenvalue weighted by atomic mass is 127. The van der Waals surface area contributed by atoms with Gasteiger partial charge in [-0.2, -0.15) is 0 Å². The number of anilines is 1. The number of nitro groups is 1. The van der Waals surface area contributed by atoms with Crippen molar-refractivity contribution in [3.05, 3.63) is 66.7 Å². The SMILES string of the molecule is O=[N+]([O-])c1ccc(NCc2cccc(Cl)c2)cc1I. The molecule has 1 N–H and O–H groups in total. The van der Waals surface area contributed by atoms with E-state index < -0.39 is 0 Å². The molecule has 0 amide bonds. The standard InChI is InChI=1S/C13H10ClIN2O2/c14-10-3-1-2-9(6-10)8-16-11-4-5-13(17(18)19)12(15)7-11/h1-7,16H,8H2. The van der Waals surface area contributed by atoms with Crippen molar-refractivity contribution < 1.29 is 4.92 Å². The Bertz CT molecular complexity index is 619. The van der Waals surface area contributed by atoms with Crippen LogP contribution in [-0.2, 0) is 6.54 Å². The van der Waals surface area contributed by atoms with Crippen molar-refractivity contribution in [2.75, 3.05) is 5.32 Å². The van der Waals surface area contributed by atoms with Gasteiger partial charge in [0.2, 0.25) is 0 Å². The Hall–Kier alpha value is -1.34. The van der Waals surface area contributed by atoms with Gasteiger partial charge in [-0.3, -0.25) is 10.1 Å². The molecule has 0 saturated heterocycles. The quantitative estimate of drug-likeness (QED) is 0.478. The lowest BCUT2D eigenvalue weighted by Gasteiger charge is -2.07. The van der Waals surface area contributed by atoms with E-state index in [0.29, 0.717) is 15.1 Å². The van der Waals surface area contributed by atoms with E-state index in [-0.39, 0.29) is 10.6 Å². The van der Waals surface area contributed by atoms with Gasteiger partial charge in [0.25, 0.3) is 5.69 Å². The molecule has 0 spiro atoms. The molecule has 0 heterocycles. The maximum absolute atomic E-state index is 10.7. The summed E-state index contributed by atoms with van der Waals surface area (Å²) in [6.45, 7) is 0.619. The van der Waals surface area contributed by atoms with Crippen molar-refractivity contribution in [2.45, 2.75) is 6.54 Å². The summed E-state index contributed by atoms with van der Waals surface area (Å²) >= 11 is 7.86. The molecule has 0 aliphatic heterocycles. The van der Waals surface area contributed by atoms with E-state index in [1.807, 2.05) is 46.9 Å². The Kier molecular flexibility index (Phi) is 4.60. The predicted molar refractivity (Wildman–Crippen MR) is 84.6 cm³/mol. The van der Waals surface area contributed by atoms with Crippen LogP contribution in [0, 0.1) is 13.7 Å². The van der Waals surface area contributed by atoms with E-state index in [1.54, 1.807) is 12.1 Å². The second-order valence-corrected chi connectivity index (χ2v) is 5.51. The smallest absolute Gasteiger partial charge is 0.282 e. The van der Waals surface area contributed by atoms with Crippen LogP contribution < -0.4 is 5.32 Å². The molecular formula is C13H10ClIN2O2. The molecule has 98 valence electrons. The van der Waals surface area contributed by atoms with Crippen molar-refractivity contribution in [3.8, 4) is 0 Å². The highest BCUT2D eigenvalue weighted by molar-refractivity contribution is 14.1. The number of nitro benzene ring substituents is 1. The van der Waals surface area contributed by atoms with E-state index in [9.17, 15) is 10.1 Å². The van der Waals surface area contributed by atoms with Crippen molar-refractivity contribution in [3.63, 3.8) is 0 Å². The van der Waals surface area contributed by atoms with Crippen LogP contribution in [-0.4, -0.2) is 4.92 Å². The number of nitrogens with zero attached hydrogens (tertiary/aromatic N) is 1. The first-order valence-corrected chi connectivity index (χ1v) is 6.94. The van der Waals surface area contributed by atoms with Gasteiger partial charge in [-0.25, -0.2) is 0 Å². The molecular weight excluding hydrogens is 379 g/mol. The maximum Gasteiger partial charge on any atom is 0.282 e. The predicted octanol–water partition coefficient (Wildman–Crippen LogP) is 4.46. The third-order valence-electron chi connectivity index (χ3n) is 2.53. The number of hydrogen-bond donors (Lipinski definition) is 1. The average Bonchev–Trinajstić information content (AvgIpc) is 2.36. The minimum absolute atomic E-state index is 0.119. The topological polar surface area (TPSA) is 55.2 Å². The first-order chi connectivity index (χ1) is 9.06. The molecule has 0 aliphatic rings. The maximum atomic E-state index is 10.7. The summed E-state index contributed by atoms with van der Waals surface area (Å²) in [6, 6.07) is 12.5. The Morgan fingerprint density at radius 1 is 1.26 bits per heavy atom. The molecule has 0 saturated carbocycles. The molecule has 4 nitrogen and oxygen atoms in total. The summed E-state index contributed by atoms with van der Waals surface area (Å²) in [4.78, 5) is 10.3. The lowest BCUT2D eigenvalue weighted by Crippen LogP contribution is -2.00. The molecule has 2 rings (SSSR count). The average molecular weight is 389 g/mol. The Morgan fingerprint density at radius 3 is 2.68 bits per heavy atom. The fraction of sp³-hybridized carbons (Fsp3) is 0.0769. The molecule has 0 radical (unpaired) electrons. The van der Waals surface area contributed by atoms with Gasteiger partial charge in [-0.15, -0.1) is 0 Å². The van der Waals surface area contributed by atoms with E-state index in [2.05, 4.69) is 5.32 Å². The van der Waals surface area contributed by atoms with Crippen molar-refractivity contribution >= 4 is 45.6 Å². The van der Waals surface area contributed by atoms with E-state index >= 15 is 0 Å². The molecule has 0 unspecified atom stereocenters. The van der Waals surface area contributed by atoms with Crippen molar-refractivity contribution in [1.29, 1.82) is 0 Å². The van der Waals surface area contributed by atoms with E-state index in [4.69, 9.17) is 11.6 Å². The van der Waals surface area contributed by atoms with Gasteiger partial charge in [0, 0.05) is 23.3 Å². The van der Waals surface area contributed by atoms with Crippen LogP contribution >= 0.6 is 34.2 Å². The van der Waals surface area contributed by atoms with Crippen molar-refractivity contribution in [1.82, 2.24) is 0 Å². The summed E-state index contributed by atoms with van der Waals surface area (Å²) in [6.07, 6.45) is 0. The number of halogens is 2. The first-order valence-electron chi connectivity index (χ1n) is 5.48. The zero-order valence-corrected chi connectivity index (χ0v) is 12.7. The first kappa shape index (κ1) is 14.1. The molecule has 19 heavy (non-hydrogen) atoms. The van der Waals surface area contributed by atoms with Crippen LogP contribution in [0.3, 0.4) is 0 Å². The Labute approximate surface area is 129 Å². The lowest BCUT2D eigenvalue weighted by molar-refractivity contribution is -0.385. The van der Waals surface area contributed by atoms with E-state index in [0.717, 1.165) is 11.3 Å². The minimum Gasteiger partial charge on any atom is -0.381 e. The fourth-order valence-corrected chi connectivity index (χ4v) is 2.54. The summed E-state index contributed by atoms with van der Waals surface area (Å²) < 4.78 is 0.610. The second-order valence-electron chi connectivity index (χ2n) is 3.91. The van der Waals surface area contributed by atoms with Crippen LogP contribution in [0.2, 0.25) is 5.02 Å². The monoisotopic (exact) mass is 388 g/mol. The highest BCUT2D eigenvalue weighted by Gasteiger charge is 2.11. The number of benzene rings is 2. The number of rotatable bonds is 4. The molecule has 0 aromatic heterocycles. The molecule has 0 bridgehead atoms. The lowest BCUT2D eigenvalue weighted by atomic mass is 10.2. The minimum atomic E-state index is -0.386. The molecule has 0 aliphatic carbocycles. The Morgan fingerprint density at radius 2 is 2.05 bits per heavy atom. The molecule has 6 heteroatoms. The number of nitrogens with one attached hydrogen (secondary N) is 1. The van der Waals surface area contributed by atoms with Gasteiger partial charge in [0.15, 0.2) is 0 Å². The summed E-state index contributed by atoms with van der Waals surface area (Å²) in [5.74, 6) is 0. The summed E-state index contributed by atoms with van der Waals surface area (Å²) in [5.41, 5.74) is 2.02. The Balaban J connectivity index is 2.08. The van der Waals surface area contributed by atoms with Gasteiger partial charge < -0.3 is 5.32 Å². The van der Waals surface area contributed by atoms with Crippen LogP contribution in [0.15, 0.2) is 42.5 Å². The van der Waals surface area contributed by atoms with Gasteiger partial charge in [-0.05, 0) is 52.4 Å². The highest BCUT2D eigenvalue weighted by Crippen LogP contribution is 2.24.